The van der Waals surface area contributed by atoms with Crippen molar-refractivity contribution in [1.82, 2.24) is 0 Å². The van der Waals surface area contributed by atoms with Crippen molar-refractivity contribution in [2.45, 2.75) is 100 Å². The fourth-order valence-electron chi connectivity index (χ4n) is 1.74. The molecule has 0 heterocycles. The smallest absolute Gasteiger partial charge is 0.0417 e. The van der Waals surface area contributed by atoms with Crippen LogP contribution >= 0.6 is 0 Å². The second-order valence-electron chi connectivity index (χ2n) is 4.95. The molecule has 108 valence electrons. The molecular weight excluding hydrogens is 204 g/mol. The lowest BCUT2D eigenvalue weighted by molar-refractivity contribution is 0.331. The van der Waals surface area contributed by atoms with E-state index in [0.29, 0.717) is 0 Å². The quantitative estimate of drug-likeness (QED) is 0.420. The zero-order valence-electron chi connectivity index (χ0n) is 14.1. The van der Waals surface area contributed by atoms with Crippen molar-refractivity contribution >= 4 is 0 Å². The van der Waals surface area contributed by atoms with Crippen LogP contribution in [-0.2, 0) is 0 Å². The van der Waals surface area contributed by atoms with Crippen molar-refractivity contribution in [2.24, 2.45) is 11.8 Å². The normalized spacial score (nSPS) is 12.7. The maximum Gasteiger partial charge on any atom is -0.0417 e. The number of rotatable bonds is 7. The summed E-state index contributed by atoms with van der Waals surface area (Å²) in [4.78, 5) is 0. The molecule has 0 N–H and O–H groups in total. The summed E-state index contributed by atoms with van der Waals surface area (Å²) in [6.45, 7) is 17.6. The summed E-state index contributed by atoms with van der Waals surface area (Å²) >= 11 is 0. The molecular formula is C17H40. The lowest BCUT2D eigenvalue weighted by Gasteiger charge is -2.18. The van der Waals surface area contributed by atoms with Gasteiger partial charge >= 0.3 is 0 Å². The van der Waals surface area contributed by atoms with Crippen LogP contribution < -0.4 is 0 Å². The summed E-state index contributed by atoms with van der Waals surface area (Å²) in [5, 5.41) is 0. The van der Waals surface area contributed by atoms with Gasteiger partial charge in [0.2, 0.25) is 0 Å². The predicted octanol–water partition coefficient (Wildman–Crippen LogP) is 7.08. The summed E-state index contributed by atoms with van der Waals surface area (Å²) in [5.74, 6) is 1.88. The average molecular weight is 245 g/mol. The van der Waals surface area contributed by atoms with Crippen molar-refractivity contribution in [3.8, 4) is 0 Å². The lowest BCUT2D eigenvalue weighted by Crippen LogP contribution is -2.07. The van der Waals surface area contributed by atoms with Crippen molar-refractivity contribution in [1.29, 1.82) is 0 Å². The second-order valence-corrected chi connectivity index (χ2v) is 4.95. The standard InChI is InChI=1S/C12H26.C3H8.C2H6/c1-5-7-8-10-12(4)11(3)9-6-2;1-3-2;1-2/h11-12H,5-10H2,1-4H3;3H2,1-2H3;1-2H3. The molecule has 0 fully saturated rings. The van der Waals surface area contributed by atoms with E-state index in [2.05, 4.69) is 41.5 Å². The Bertz CT molecular complexity index is 96.2. The molecule has 0 rings (SSSR count). The van der Waals surface area contributed by atoms with Crippen molar-refractivity contribution in [3.63, 3.8) is 0 Å². The molecule has 0 amide bonds. The van der Waals surface area contributed by atoms with E-state index in [1.807, 2.05) is 13.8 Å². The molecule has 17 heavy (non-hydrogen) atoms. The van der Waals surface area contributed by atoms with E-state index >= 15 is 0 Å². The minimum atomic E-state index is 0.937. The number of hydrogen-bond donors (Lipinski definition) is 0. The van der Waals surface area contributed by atoms with E-state index in [0.717, 1.165) is 11.8 Å². The Morgan fingerprint density at radius 1 is 0.647 bits per heavy atom. The van der Waals surface area contributed by atoms with Gasteiger partial charge in [-0.05, 0) is 11.8 Å². The van der Waals surface area contributed by atoms with Crippen molar-refractivity contribution < 1.29 is 0 Å². The minimum Gasteiger partial charge on any atom is -0.0683 e. The van der Waals surface area contributed by atoms with Crippen LogP contribution in [0.1, 0.15) is 100 Å². The van der Waals surface area contributed by atoms with Crippen molar-refractivity contribution in [2.75, 3.05) is 0 Å². The zero-order chi connectivity index (χ0) is 14.1. The molecule has 0 saturated carbocycles. The van der Waals surface area contributed by atoms with E-state index in [1.165, 1.54) is 44.9 Å². The summed E-state index contributed by atoms with van der Waals surface area (Å²) < 4.78 is 0. The first-order chi connectivity index (χ1) is 8.13. The SMILES string of the molecule is CC.CCC.CCCCCC(C)C(C)CCC. The third-order valence-corrected chi connectivity index (χ3v) is 2.98. The second kappa shape index (κ2) is 21.3. The van der Waals surface area contributed by atoms with E-state index in [-0.39, 0.29) is 0 Å². The van der Waals surface area contributed by atoms with Gasteiger partial charge in [-0.25, -0.2) is 0 Å². The Kier molecular flexibility index (Phi) is 27.8. The lowest BCUT2D eigenvalue weighted by atomic mass is 9.88. The third-order valence-electron chi connectivity index (χ3n) is 2.98. The molecule has 0 nitrogen and oxygen atoms in total. The topological polar surface area (TPSA) is 0 Å². The first kappa shape index (κ1) is 22.2. The first-order valence-corrected chi connectivity index (χ1v) is 8.13. The van der Waals surface area contributed by atoms with Crippen LogP contribution in [0.5, 0.6) is 0 Å². The molecule has 0 aliphatic carbocycles. The molecule has 2 unspecified atom stereocenters. The highest BCUT2D eigenvalue weighted by Gasteiger charge is 2.09. The molecule has 0 saturated heterocycles. The molecule has 0 spiro atoms. The molecule has 0 aliphatic rings. The van der Waals surface area contributed by atoms with Crippen molar-refractivity contribution in [3.05, 3.63) is 0 Å². The molecule has 2 atom stereocenters. The molecule has 0 aromatic rings. The van der Waals surface area contributed by atoms with Crippen LogP contribution in [0, 0.1) is 11.8 Å². The Hall–Kier alpha value is 0. The van der Waals surface area contributed by atoms with Gasteiger partial charge < -0.3 is 0 Å². The highest BCUT2D eigenvalue weighted by Crippen LogP contribution is 2.22. The summed E-state index contributed by atoms with van der Waals surface area (Å²) in [6, 6.07) is 0. The zero-order valence-corrected chi connectivity index (χ0v) is 14.1. The largest absolute Gasteiger partial charge is 0.0683 e. The van der Waals surface area contributed by atoms with Crippen LogP contribution in [0.4, 0.5) is 0 Å². The highest BCUT2D eigenvalue weighted by atomic mass is 14.2. The molecule has 0 radical (unpaired) electrons. The Labute approximate surface area is 113 Å². The molecule has 0 aromatic carbocycles. The van der Waals surface area contributed by atoms with E-state index in [9.17, 15) is 0 Å². The van der Waals surface area contributed by atoms with E-state index < -0.39 is 0 Å². The fraction of sp³-hybridized carbons (Fsp3) is 1.00. The molecule has 0 aromatic heterocycles. The molecule has 0 aliphatic heterocycles. The van der Waals surface area contributed by atoms with Crippen LogP contribution in [-0.4, -0.2) is 0 Å². The van der Waals surface area contributed by atoms with Crippen LogP contribution in [0.15, 0.2) is 0 Å². The summed E-state index contributed by atoms with van der Waals surface area (Å²) in [5.41, 5.74) is 0. The van der Waals surface area contributed by atoms with Gasteiger partial charge in [-0.15, -0.1) is 0 Å². The monoisotopic (exact) mass is 244 g/mol. The maximum atomic E-state index is 2.41. The van der Waals surface area contributed by atoms with E-state index in [1.54, 1.807) is 0 Å². The average Bonchev–Trinajstić information content (AvgIpc) is 2.33. The van der Waals surface area contributed by atoms with Gasteiger partial charge in [-0.2, -0.15) is 0 Å². The fourth-order valence-corrected chi connectivity index (χ4v) is 1.74. The van der Waals surface area contributed by atoms with Gasteiger partial charge in [0.05, 0.1) is 0 Å². The minimum absolute atomic E-state index is 0.937. The molecule has 0 bridgehead atoms. The van der Waals surface area contributed by atoms with Gasteiger partial charge in [0.1, 0.15) is 0 Å². The maximum absolute atomic E-state index is 2.41. The van der Waals surface area contributed by atoms with E-state index in [4.69, 9.17) is 0 Å². The Morgan fingerprint density at radius 2 is 1.06 bits per heavy atom. The van der Waals surface area contributed by atoms with Gasteiger partial charge in [0.15, 0.2) is 0 Å². The Balaban J connectivity index is -0.000000337. The van der Waals surface area contributed by atoms with Crippen LogP contribution in [0.25, 0.3) is 0 Å². The molecule has 0 heteroatoms. The Morgan fingerprint density at radius 3 is 1.41 bits per heavy atom. The van der Waals surface area contributed by atoms with Crippen LogP contribution in [0.3, 0.4) is 0 Å². The van der Waals surface area contributed by atoms with Gasteiger partial charge in [-0.3, -0.25) is 0 Å². The number of hydrogen-bond acceptors (Lipinski definition) is 0. The highest BCUT2D eigenvalue weighted by molar-refractivity contribution is 4.61. The van der Waals surface area contributed by atoms with Gasteiger partial charge in [0.25, 0.3) is 0 Å². The summed E-state index contributed by atoms with van der Waals surface area (Å²) in [7, 11) is 0. The third kappa shape index (κ3) is 21.8. The number of unbranched alkanes of at least 4 members (excludes halogenated alkanes) is 2. The predicted molar refractivity (Wildman–Crippen MR) is 84.7 cm³/mol. The van der Waals surface area contributed by atoms with Gasteiger partial charge in [-0.1, -0.05) is 100 Å². The summed E-state index contributed by atoms with van der Waals surface area (Å²) in [6.07, 6.45) is 9.66. The first-order valence-electron chi connectivity index (χ1n) is 8.13. The van der Waals surface area contributed by atoms with Gasteiger partial charge in [0, 0.05) is 0 Å². The van der Waals surface area contributed by atoms with Crippen LogP contribution in [0.2, 0.25) is 0 Å².